The second-order valence-corrected chi connectivity index (χ2v) is 1.70. The van der Waals surface area contributed by atoms with Crippen LogP contribution in [0.4, 0.5) is 11.8 Å². The van der Waals surface area contributed by atoms with Gasteiger partial charge in [0.2, 0.25) is 0 Å². The third-order valence-electron chi connectivity index (χ3n) is 0.975. The molecule has 0 bridgehead atoms. The molecule has 3 nitrogen and oxygen atoms in total. The molecule has 1 rings (SSSR count). The van der Waals surface area contributed by atoms with Gasteiger partial charge in [0.15, 0.2) is 11.8 Å². The van der Waals surface area contributed by atoms with Crippen molar-refractivity contribution in [3.63, 3.8) is 0 Å². The highest BCUT2D eigenvalue weighted by molar-refractivity contribution is 5.44. The number of anilines is 2. The first-order valence-corrected chi connectivity index (χ1v) is 2.31. The first kappa shape index (κ1) is 5.03. The molecule has 0 aliphatic heterocycles. The molecule has 3 heteroatoms. The lowest BCUT2D eigenvalue weighted by Gasteiger charge is -1.80. The Balaban J connectivity index is 3.14. The van der Waals surface area contributed by atoms with E-state index >= 15 is 0 Å². The van der Waals surface area contributed by atoms with Gasteiger partial charge in [0.1, 0.15) is 0 Å². The van der Waals surface area contributed by atoms with Gasteiger partial charge in [-0.05, 0) is 6.92 Å². The van der Waals surface area contributed by atoms with Gasteiger partial charge in [0, 0.05) is 11.6 Å². The van der Waals surface area contributed by atoms with Crippen LogP contribution in [0.15, 0.2) is 10.5 Å². The smallest absolute Gasteiger partial charge is 0.195 e. The molecule has 4 N–H and O–H groups in total. The van der Waals surface area contributed by atoms with E-state index in [9.17, 15) is 0 Å². The molecule has 0 atom stereocenters. The van der Waals surface area contributed by atoms with Gasteiger partial charge in [-0.15, -0.1) is 0 Å². The van der Waals surface area contributed by atoms with Gasteiger partial charge in [0.05, 0.1) is 0 Å². The van der Waals surface area contributed by atoms with Crippen molar-refractivity contribution in [1.29, 1.82) is 0 Å². The molecule has 1 aromatic heterocycles. The molecule has 1 heterocycles. The normalized spacial score (nSPS) is 9.62. The monoisotopic (exact) mass is 112 g/mol. The first-order valence-electron chi connectivity index (χ1n) is 2.31. The minimum Gasteiger partial charge on any atom is -0.426 e. The van der Waals surface area contributed by atoms with Gasteiger partial charge < -0.3 is 15.9 Å². The van der Waals surface area contributed by atoms with Crippen LogP contribution in [0.25, 0.3) is 0 Å². The Labute approximate surface area is 47.3 Å². The fraction of sp³-hybridized carbons (Fsp3) is 0.200. The molecular weight excluding hydrogens is 104 g/mol. The van der Waals surface area contributed by atoms with Crippen molar-refractivity contribution in [1.82, 2.24) is 0 Å². The summed E-state index contributed by atoms with van der Waals surface area (Å²) in [5, 5.41) is 0. The molecule has 0 aliphatic rings. The molecule has 8 heavy (non-hydrogen) atoms. The Morgan fingerprint density at radius 1 is 1.50 bits per heavy atom. The van der Waals surface area contributed by atoms with E-state index in [2.05, 4.69) is 0 Å². The molecule has 0 aromatic carbocycles. The van der Waals surface area contributed by atoms with Crippen LogP contribution >= 0.6 is 0 Å². The third-order valence-corrected chi connectivity index (χ3v) is 0.975. The minimum atomic E-state index is 0.375. The van der Waals surface area contributed by atoms with E-state index < -0.39 is 0 Å². The largest absolute Gasteiger partial charge is 0.426 e. The maximum absolute atomic E-state index is 5.29. The topological polar surface area (TPSA) is 65.2 Å². The Hall–Kier alpha value is -1.12. The zero-order chi connectivity index (χ0) is 6.15. The summed E-state index contributed by atoms with van der Waals surface area (Å²) in [5.74, 6) is 0.780. The summed E-state index contributed by atoms with van der Waals surface area (Å²) in [6.45, 7) is 1.84. The van der Waals surface area contributed by atoms with E-state index in [1.165, 1.54) is 0 Å². The van der Waals surface area contributed by atoms with Crippen LogP contribution < -0.4 is 11.5 Å². The Kier molecular flexibility index (Phi) is 0.901. The van der Waals surface area contributed by atoms with Crippen LogP contribution in [-0.4, -0.2) is 0 Å². The number of nitrogen functional groups attached to an aromatic ring is 2. The average Bonchev–Trinajstić information content (AvgIpc) is 1.85. The predicted molar refractivity (Wildman–Crippen MR) is 32.3 cm³/mol. The molecule has 0 saturated carbocycles. The summed E-state index contributed by atoms with van der Waals surface area (Å²) in [6.07, 6.45) is 0. The van der Waals surface area contributed by atoms with Gasteiger partial charge in [0.25, 0.3) is 0 Å². The van der Waals surface area contributed by atoms with Crippen LogP contribution in [-0.2, 0) is 0 Å². The molecule has 0 fully saturated rings. The number of furan rings is 1. The van der Waals surface area contributed by atoms with Crippen molar-refractivity contribution in [2.75, 3.05) is 11.5 Å². The van der Waals surface area contributed by atoms with Crippen LogP contribution in [0.3, 0.4) is 0 Å². The molecule has 0 radical (unpaired) electrons. The number of nitrogens with two attached hydrogens (primary N) is 2. The zero-order valence-corrected chi connectivity index (χ0v) is 4.64. The predicted octanol–water partition coefficient (Wildman–Crippen LogP) is 0.752. The second-order valence-electron chi connectivity index (χ2n) is 1.70. The standard InChI is InChI=1S/C5H8N2O/c1-3-2-4(6)8-5(3)7/h2H,6-7H2,1H3. The van der Waals surface area contributed by atoms with Gasteiger partial charge in [-0.3, -0.25) is 0 Å². The highest BCUT2D eigenvalue weighted by Gasteiger charge is 1.97. The lowest BCUT2D eigenvalue weighted by molar-refractivity contribution is 0.606. The van der Waals surface area contributed by atoms with Crippen molar-refractivity contribution in [3.05, 3.63) is 11.6 Å². The number of rotatable bonds is 0. The number of hydrogen-bond acceptors (Lipinski definition) is 3. The van der Waals surface area contributed by atoms with E-state index in [1.807, 2.05) is 6.92 Å². The minimum absolute atomic E-state index is 0.375. The van der Waals surface area contributed by atoms with Gasteiger partial charge in [-0.25, -0.2) is 0 Å². The van der Waals surface area contributed by atoms with Gasteiger partial charge in [-0.1, -0.05) is 0 Å². The Morgan fingerprint density at radius 2 is 2.12 bits per heavy atom. The van der Waals surface area contributed by atoms with Crippen molar-refractivity contribution < 1.29 is 4.42 Å². The highest BCUT2D eigenvalue weighted by atomic mass is 16.4. The van der Waals surface area contributed by atoms with Gasteiger partial charge in [-0.2, -0.15) is 0 Å². The summed E-state index contributed by atoms with van der Waals surface area (Å²) >= 11 is 0. The molecular formula is C5H8N2O. The Bertz CT molecular complexity index is 173. The molecule has 0 spiro atoms. The summed E-state index contributed by atoms with van der Waals surface area (Å²) in [4.78, 5) is 0. The van der Waals surface area contributed by atoms with E-state index in [0.717, 1.165) is 5.56 Å². The summed E-state index contributed by atoms with van der Waals surface area (Å²) in [5.41, 5.74) is 11.4. The maximum Gasteiger partial charge on any atom is 0.195 e. The van der Waals surface area contributed by atoms with Crippen molar-refractivity contribution >= 4 is 11.8 Å². The van der Waals surface area contributed by atoms with Crippen LogP contribution in [0.2, 0.25) is 0 Å². The van der Waals surface area contributed by atoms with Crippen molar-refractivity contribution in [3.8, 4) is 0 Å². The van der Waals surface area contributed by atoms with Gasteiger partial charge >= 0.3 is 0 Å². The first-order chi connectivity index (χ1) is 3.70. The summed E-state index contributed by atoms with van der Waals surface area (Å²) in [6, 6.07) is 1.69. The lowest BCUT2D eigenvalue weighted by atomic mass is 10.4. The van der Waals surface area contributed by atoms with E-state index in [1.54, 1.807) is 6.07 Å². The molecule has 0 saturated heterocycles. The maximum atomic E-state index is 5.29. The fourth-order valence-electron chi connectivity index (χ4n) is 0.521. The summed E-state index contributed by atoms with van der Waals surface area (Å²) < 4.78 is 4.77. The van der Waals surface area contributed by atoms with Crippen LogP contribution in [0.1, 0.15) is 5.56 Å². The zero-order valence-electron chi connectivity index (χ0n) is 4.64. The molecule has 0 aliphatic carbocycles. The SMILES string of the molecule is Cc1cc(N)oc1N. The number of hydrogen-bond donors (Lipinski definition) is 2. The highest BCUT2D eigenvalue weighted by Crippen LogP contribution is 2.16. The van der Waals surface area contributed by atoms with E-state index in [0.29, 0.717) is 11.8 Å². The summed E-state index contributed by atoms with van der Waals surface area (Å²) in [7, 11) is 0. The van der Waals surface area contributed by atoms with Crippen LogP contribution in [0.5, 0.6) is 0 Å². The molecule has 0 amide bonds. The van der Waals surface area contributed by atoms with E-state index in [4.69, 9.17) is 15.9 Å². The van der Waals surface area contributed by atoms with E-state index in [-0.39, 0.29) is 0 Å². The third kappa shape index (κ3) is 0.621. The number of aryl methyl sites for hydroxylation is 1. The molecule has 44 valence electrons. The van der Waals surface area contributed by atoms with Crippen molar-refractivity contribution in [2.45, 2.75) is 6.92 Å². The Morgan fingerprint density at radius 3 is 2.25 bits per heavy atom. The fourth-order valence-corrected chi connectivity index (χ4v) is 0.521. The van der Waals surface area contributed by atoms with Crippen molar-refractivity contribution in [2.24, 2.45) is 0 Å². The molecule has 0 unspecified atom stereocenters. The quantitative estimate of drug-likeness (QED) is 0.520. The van der Waals surface area contributed by atoms with Crippen LogP contribution in [0, 0.1) is 6.92 Å². The molecule has 1 aromatic rings. The second kappa shape index (κ2) is 1.43. The average molecular weight is 112 g/mol. The lowest BCUT2D eigenvalue weighted by Crippen LogP contribution is -1.81.